The number of hydrogen-bond donors (Lipinski definition) is 1. The van der Waals surface area contributed by atoms with Crippen molar-refractivity contribution in [1.29, 1.82) is 0 Å². The molecule has 1 aromatic heterocycles. The van der Waals surface area contributed by atoms with Crippen LogP contribution in [0.15, 0.2) is 18.3 Å². The maximum Gasteiger partial charge on any atom is 0.287 e. The van der Waals surface area contributed by atoms with E-state index in [1.54, 1.807) is 6.07 Å². The first-order valence-electron chi connectivity index (χ1n) is 4.60. The summed E-state index contributed by atoms with van der Waals surface area (Å²) in [5.74, 6) is 1.09. The summed E-state index contributed by atoms with van der Waals surface area (Å²) in [6, 6.07) is 3.13. The lowest BCUT2D eigenvalue weighted by molar-refractivity contribution is -0.385. The largest absolute Gasteiger partial charge is 0.366 e. The van der Waals surface area contributed by atoms with Gasteiger partial charge in [0.15, 0.2) is 0 Å². The first-order chi connectivity index (χ1) is 7.17. The number of halogens is 1. The number of nitrogens with zero attached hydrogens (tertiary/aromatic N) is 2. The fourth-order valence-electron chi connectivity index (χ4n) is 1.04. The van der Waals surface area contributed by atoms with Gasteiger partial charge in [0.25, 0.3) is 5.69 Å². The Morgan fingerprint density at radius 2 is 2.40 bits per heavy atom. The van der Waals surface area contributed by atoms with E-state index in [1.165, 1.54) is 12.3 Å². The number of hydrogen-bond acceptors (Lipinski definition) is 4. The van der Waals surface area contributed by atoms with E-state index in [0.717, 1.165) is 6.42 Å². The van der Waals surface area contributed by atoms with Crippen molar-refractivity contribution in [2.24, 2.45) is 0 Å². The summed E-state index contributed by atoms with van der Waals surface area (Å²) < 4.78 is 0. The zero-order valence-electron chi connectivity index (χ0n) is 8.31. The molecule has 0 aliphatic carbocycles. The zero-order chi connectivity index (χ0) is 11.3. The van der Waals surface area contributed by atoms with Crippen LogP contribution >= 0.6 is 11.6 Å². The van der Waals surface area contributed by atoms with Gasteiger partial charge in [0.05, 0.1) is 4.92 Å². The Morgan fingerprint density at radius 3 is 2.80 bits per heavy atom. The number of nitrogens with one attached hydrogen (secondary N) is 1. The van der Waals surface area contributed by atoms with Crippen LogP contribution in [-0.4, -0.2) is 21.8 Å². The van der Waals surface area contributed by atoms with Crippen LogP contribution in [0.25, 0.3) is 0 Å². The molecule has 1 atom stereocenters. The average molecular weight is 230 g/mol. The highest BCUT2D eigenvalue weighted by atomic mass is 35.5. The standard InChI is InChI=1S/C9H12ClN3O2/c1-2-7(5-10)12-9-4-3-8(6-11-9)13(14)15/h3-4,6-7H,2,5H2,1H3,(H,11,12). The molecule has 1 unspecified atom stereocenters. The molecule has 5 nitrogen and oxygen atoms in total. The van der Waals surface area contributed by atoms with Crippen LogP contribution < -0.4 is 5.32 Å². The molecule has 15 heavy (non-hydrogen) atoms. The topological polar surface area (TPSA) is 68.1 Å². The molecule has 0 aliphatic heterocycles. The summed E-state index contributed by atoms with van der Waals surface area (Å²) in [6.45, 7) is 2.01. The summed E-state index contributed by atoms with van der Waals surface area (Å²) in [7, 11) is 0. The molecule has 1 heterocycles. The van der Waals surface area contributed by atoms with E-state index in [9.17, 15) is 10.1 Å². The minimum absolute atomic E-state index is 0.0144. The number of anilines is 1. The molecule has 82 valence electrons. The van der Waals surface area contributed by atoms with Crippen LogP contribution in [0, 0.1) is 10.1 Å². The van der Waals surface area contributed by atoms with Crippen molar-refractivity contribution in [3.8, 4) is 0 Å². The minimum atomic E-state index is -0.477. The van der Waals surface area contributed by atoms with E-state index in [4.69, 9.17) is 11.6 Å². The number of alkyl halides is 1. The molecular formula is C9H12ClN3O2. The number of aromatic nitrogens is 1. The number of pyridine rings is 1. The first kappa shape index (κ1) is 11.7. The maximum absolute atomic E-state index is 10.4. The summed E-state index contributed by atoms with van der Waals surface area (Å²) in [5.41, 5.74) is -0.0144. The van der Waals surface area contributed by atoms with E-state index >= 15 is 0 Å². The monoisotopic (exact) mass is 229 g/mol. The third kappa shape index (κ3) is 3.36. The Morgan fingerprint density at radius 1 is 1.67 bits per heavy atom. The van der Waals surface area contributed by atoms with Gasteiger partial charge in [-0.25, -0.2) is 4.98 Å². The lowest BCUT2D eigenvalue weighted by Gasteiger charge is -2.13. The average Bonchev–Trinajstić information content (AvgIpc) is 2.26. The Hall–Kier alpha value is -1.36. The predicted octanol–water partition coefficient (Wildman–Crippen LogP) is 2.42. The molecule has 6 heteroatoms. The number of nitro groups is 1. The Bertz CT molecular complexity index is 325. The van der Waals surface area contributed by atoms with Gasteiger partial charge in [-0.1, -0.05) is 6.92 Å². The van der Waals surface area contributed by atoms with Crippen molar-refractivity contribution in [1.82, 2.24) is 4.98 Å². The highest BCUT2D eigenvalue weighted by molar-refractivity contribution is 6.18. The number of rotatable bonds is 5. The molecule has 0 radical (unpaired) electrons. The van der Waals surface area contributed by atoms with Crippen LogP contribution in [0.4, 0.5) is 11.5 Å². The van der Waals surface area contributed by atoms with Gasteiger partial charge in [-0.05, 0) is 12.5 Å². The molecule has 0 fully saturated rings. The fourth-order valence-corrected chi connectivity index (χ4v) is 1.33. The Kier molecular flexibility index (Phi) is 4.30. The van der Waals surface area contributed by atoms with Gasteiger partial charge in [0.2, 0.25) is 0 Å². The minimum Gasteiger partial charge on any atom is -0.366 e. The van der Waals surface area contributed by atoms with E-state index in [2.05, 4.69) is 10.3 Å². The second-order valence-electron chi connectivity index (χ2n) is 3.06. The second-order valence-corrected chi connectivity index (χ2v) is 3.37. The van der Waals surface area contributed by atoms with Crippen molar-refractivity contribution in [3.05, 3.63) is 28.4 Å². The molecule has 0 saturated carbocycles. The van der Waals surface area contributed by atoms with Gasteiger partial charge < -0.3 is 5.32 Å². The van der Waals surface area contributed by atoms with Gasteiger partial charge >= 0.3 is 0 Å². The van der Waals surface area contributed by atoms with Crippen molar-refractivity contribution < 1.29 is 4.92 Å². The molecule has 0 amide bonds. The quantitative estimate of drug-likeness (QED) is 0.478. The zero-order valence-corrected chi connectivity index (χ0v) is 9.07. The molecule has 0 bridgehead atoms. The highest BCUT2D eigenvalue weighted by Crippen LogP contribution is 2.13. The van der Waals surface area contributed by atoms with Gasteiger partial charge in [-0.15, -0.1) is 11.6 Å². The van der Waals surface area contributed by atoms with Crippen molar-refractivity contribution in [3.63, 3.8) is 0 Å². The van der Waals surface area contributed by atoms with Crippen molar-refractivity contribution >= 4 is 23.1 Å². The van der Waals surface area contributed by atoms with Crippen LogP contribution in [0.5, 0.6) is 0 Å². The third-order valence-electron chi connectivity index (χ3n) is 1.99. The second kappa shape index (κ2) is 5.50. The lowest BCUT2D eigenvalue weighted by Crippen LogP contribution is -2.20. The normalized spacial score (nSPS) is 12.1. The van der Waals surface area contributed by atoms with E-state index in [1.807, 2.05) is 6.92 Å². The maximum atomic E-state index is 10.4. The summed E-state index contributed by atoms with van der Waals surface area (Å²) in [5, 5.41) is 13.4. The van der Waals surface area contributed by atoms with Gasteiger partial charge in [0.1, 0.15) is 12.0 Å². The van der Waals surface area contributed by atoms with Gasteiger partial charge in [-0.3, -0.25) is 10.1 Å². The highest BCUT2D eigenvalue weighted by Gasteiger charge is 2.08. The molecule has 0 aromatic carbocycles. The predicted molar refractivity (Wildman–Crippen MR) is 59.3 cm³/mol. The molecule has 0 spiro atoms. The molecule has 1 N–H and O–H groups in total. The SMILES string of the molecule is CCC(CCl)Nc1ccc([N+](=O)[O-])cn1. The molecular weight excluding hydrogens is 218 g/mol. The van der Waals surface area contributed by atoms with Crippen LogP contribution in [0.3, 0.4) is 0 Å². The molecule has 0 saturated heterocycles. The summed E-state index contributed by atoms with van der Waals surface area (Å²) in [4.78, 5) is 13.8. The fraction of sp³-hybridized carbons (Fsp3) is 0.444. The van der Waals surface area contributed by atoms with Crippen LogP contribution in [-0.2, 0) is 0 Å². The Labute approximate surface area is 92.6 Å². The summed E-state index contributed by atoms with van der Waals surface area (Å²) >= 11 is 5.70. The Balaban J connectivity index is 2.67. The molecule has 1 rings (SSSR count). The van der Waals surface area contributed by atoms with E-state index in [0.29, 0.717) is 11.7 Å². The lowest BCUT2D eigenvalue weighted by atomic mass is 10.2. The molecule has 1 aromatic rings. The summed E-state index contributed by atoms with van der Waals surface area (Å²) in [6.07, 6.45) is 2.10. The smallest absolute Gasteiger partial charge is 0.287 e. The van der Waals surface area contributed by atoms with Crippen LogP contribution in [0.1, 0.15) is 13.3 Å². The molecule has 0 aliphatic rings. The van der Waals surface area contributed by atoms with Gasteiger partial charge in [-0.2, -0.15) is 0 Å². The van der Waals surface area contributed by atoms with Crippen LogP contribution in [0.2, 0.25) is 0 Å². The van der Waals surface area contributed by atoms with Crippen molar-refractivity contribution in [2.45, 2.75) is 19.4 Å². The van der Waals surface area contributed by atoms with Crippen molar-refractivity contribution in [2.75, 3.05) is 11.2 Å². The van der Waals surface area contributed by atoms with E-state index < -0.39 is 4.92 Å². The van der Waals surface area contributed by atoms with E-state index in [-0.39, 0.29) is 11.7 Å². The first-order valence-corrected chi connectivity index (χ1v) is 5.13. The third-order valence-corrected chi connectivity index (χ3v) is 2.36. The van der Waals surface area contributed by atoms with Gasteiger partial charge in [0, 0.05) is 18.0 Å².